The smallest absolute Gasteiger partial charge is 0.242 e. The van der Waals surface area contributed by atoms with E-state index in [0.717, 1.165) is 17.3 Å². The number of benzene rings is 2. The van der Waals surface area contributed by atoms with Gasteiger partial charge in [-0.05, 0) is 42.0 Å². The Hall–Kier alpha value is -3.59. The van der Waals surface area contributed by atoms with Crippen LogP contribution in [-0.4, -0.2) is 20.8 Å². The predicted molar refractivity (Wildman–Crippen MR) is 108 cm³/mol. The van der Waals surface area contributed by atoms with Crippen LogP contribution in [0.2, 0.25) is 0 Å². The Labute approximate surface area is 169 Å². The Kier molecular flexibility index (Phi) is 5.30. The summed E-state index contributed by atoms with van der Waals surface area (Å²) in [5, 5.41) is 10.6. The first kappa shape index (κ1) is 18.8. The zero-order valence-electron chi connectivity index (χ0n) is 15.0. The van der Waals surface area contributed by atoms with Gasteiger partial charge in [-0.25, -0.2) is 9.07 Å². The lowest BCUT2D eigenvalue weighted by Crippen LogP contribution is -2.20. The number of aromatic nitrogens is 3. The zero-order valence-corrected chi connectivity index (χ0v) is 15.8. The van der Waals surface area contributed by atoms with Crippen molar-refractivity contribution in [3.8, 4) is 11.6 Å². The normalized spacial score (nSPS) is 11.9. The summed E-state index contributed by atoms with van der Waals surface area (Å²) in [5.74, 6) is 6.28. The molecule has 146 valence electrons. The van der Waals surface area contributed by atoms with Gasteiger partial charge in [0.2, 0.25) is 16.9 Å². The fraction of sp³-hybridized carbons (Fsp3) is 0.0500. The molecule has 0 aliphatic carbocycles. The number of nitrogens with one attached hydrogen (secondary N) is 1. The lowest BCUT2D eigenvalue weighted by atomic mass is 10.1. The van der Waals surface area contributed by atoms with Gasteiger partial charge >= 0.3 is 0 Å². The minimum absolute atomic E-state index is 0.296. The van der Waals surface area contributed by atoms with Gasteiger partial charge in [0.1, 0.15) is 11.1 Å². The highest BCUT2D eigenvalue weighted by molar-refractivity contribution is 8.00. The van der Waals surface area contributed by atoms with Crippen molar-refractivity contribution in [2.24, 2.45) is 0 Å². The van der Waals surface area contributed by atoms with Crippen molar-refractivity contribution in [1.82, 2.24) is 14.9 Å². The third-order valence-corrected chi connectivity index (χ3v) is 5.29. The average molecular weight is 409 g/mol. The number of hydrogen-bond donors (Lipinski definition) is 2. The molecular formula is C20H16FN5O2S. The van der Waals surface area contributed by atoms with Crippen LogP contribution in [0.15, 0.2) is 82.6 Å². The van der Waals surface area contributed by atoms with E-state index in [9.17, 15) is 9.18 Å². The Morgan fingerprint density at radius 1 is 1.07 bits per heavy atom. The lowest BCUT2D eigenvalue weighted by molar-refractivity contribution is -0.115. The molecule has 0 fully saturated rings. The molecule has 7 nitrogen and oxygen atoms in total. The van der Waals surface area contributed by atoms with Crippen LogP contribution in [-0.2, 0) is 4.79 Å². The molecular weight excluding hydrogens is 393 g/mol. The number of amides is 1. The molecule has 0 aliphatic rings. The second kappa shape index (κ2) is 8.19. The van der Waals surface area contributed by atoms with Gasteiger partial charge in [-0.3, -0.25) is 4.79 Å². The molecule has 1 amide bonds. The van der Waals surface area contributed by atoms with Crippen LogP contribution in [0, 0.1) is 5.82 Å². The van der Waals surface area contributed by atoms with Crippen molar-refractivity contribution in [2.45, 2.75) is 10.4 Å². The van der Waals surface area contributed by atoms with Crippen LogP contribution < -0.4 is 11.2 Å². The summed E-state index contributed by atoms with van der Waals surface area (Å²) < 4.78 is 19.7. The van der Waals surface area contributed by atoms with Gasteiger partial charge in [0.15, 0.2) is 5.76 Å². The van der Waals surface area contributed by atoms with Gasteiger partial charge in [0.25, 0.3) is 0 Å². The number of nitrogens with two attached hydrogens (primary N) is 1. The number of rotatable bonds is 6. The van der Waals surface area contributed by atoms with E-state index in [0.29, 0.717) is 22.4 Å². The summed E-state index contributed by atoms with van der Waals surface area (Å²) in [6, 6.07) is 18.2. The Bertz CT molecular complexity index is 1100. The summed E-state index contributed by atoms with van der Waals surface area (Å²) >= 11 is 1.15. The quantitative estimate of drug-likeness (QED) is 0.371. The monoisotopic (exact) mass is 409 g/mol. The minimum Gasteiger partial charge on any atom is -0.461 e. The van der Waals surface area contributed by atoms with Gasteiger partial charge in [0, 0.05) is 5.69 Å². The zero-order chi connectivity index (χ0) is 20.2. The molecule has 2 aromatic heterocycles. The topological polar surface area (TPSA) is 99.0 Å². The highest BCUT2D eigenvalue weighted by Gasteiger charge is 2.26. The molecule has 0 saturated carbocycles. The van der Waals surface area contributed by atoms with E-state index in [1.165, 1.54) is 35.2 Å². The second-order valence-corrected chi connectivity index (χ2v) is 7.13. The van der Waals surface area contributed by atoms with E-state index in [4.69, 9.17) is 10.3 Å². The molecule has 29 heavy (non-hydrogen) atoms. The number of carbonyl (C=O) groups is 1. The van der Waals surface area contributed by atoms with Crippen molar-refractivity contribution in [1.29, 1.82) is 0 Å². The maximum Gasteiger partial charge on any atom is 0.242 e. The predicted octanol–water partition coefficient (Wildman–Crippen LogP) is 3.86. The van der Waals surface area contributed by atoms with Crippen LogP contribution in [0.4, 0.5) is 10.1 Å². The third-order valence-electron chi connectivity index (χ3n) is 4.08. The maximum absolute atomic E-state index is 13.1. The van der Waals surface area contributed by atoms with E-state index in [-0.39, 0.29) is 11.7 Å². The third kappa shape index (κ3) is 4.14. The van der Waals surface area contributed by atoms with Crippen LogP contribution in [0.3, 0.4) is 0 Å². The first-order valence-electron chi connectivity index (χ1n) is 8.64. The standard InChI is InChI=1S/C20H16FN5O2S/c21-14-8-10-15(11-9-14)23-19(27)17(13-5-2-1-3-6-13)29-20-25-24-18(26(20)22)16-7-4-12-28-16/h1-12,17H,22H2,(H,23,27)/t17-/m0/s1. The van der Waals surface area contributed by atoms with E-state index < -0.39 is 5.25 Å². The molecule has 9 heteroatoms. The van der Waals surface area contributed by atoms with E-state index in [1.54, 1.807) is 12.1 Å². The van der Waals surface area contributed by atoms with Crippen LogP contribution in [0.25, 0.3) is 11.6 Å². The lowest BCUT2D eigenvalue weighted by Gasteiger charge is -2.16. The van der Waals surface area contributed by atoms with E-state index in [2.05, 4.69) is 15.5 Å². The molecule has 0 saturated heterocycles. The molecule has 0 bridgehead atoms. The first-order chi connectivity index (χ1) is 14.1. The van der Waals surface area contributed by atoms with Gasteiger partial charge in [-0.2, -0.15) is 0 Å². The first-order valence-corrected chi connectivity index (χ1v) is 9.52. The number of nitrogen functional groups attached to an aromatic ring is 1. The van der Waals surface area contributed by atoms with Crippen molar-refractivity contribution >= 4 is 23.4 Å². The average Bonchev–Trinajstić information content (AvgIpc) is 3.38. The van der Waals surface area contributed by atoms with Crippen LogP contribution >= 0.6 is 11.8 Å². The van der Waals surface area contributed by atoms with Crippen LogP contribution in [0.5, 0.6) is 0 Å². The van der Waals surface area contributed by atoms with Gasteiger partial charge in [0.05, 0.1) is 6.26 Å². The fourth-order valence-corrected chi connectivity index (χ4v) is 3.64. The molecule has 4 rings (SSSR count). The van der Waals surface area contributed by atoms with Crippen molar-refractivity contribution in [2.75, 3.05) is 11.2 Å². The molecule has 0 aliphatic heterocycles. The molecule has 3 N–H and O–H groups in total. The summed E-state index contributed by atoms with van der Waals surface area (Å²) in [4.78, 5) is 13.0. The van der Waals surface area contributed by atoms with Gasteiger partial charge in [-0.15, -0.1) is 10.2 Å². The van der Waals surface area contributed by atoms with E-state index in [1.807, 2.05) is 30.3 Å². The number of furan rings is 1. The summed E-state index contributed by atoms with van der Waals surface area (Å²) in [7, 11) is 0. The SMILES string of the molecule is Nn1c(S[C@H](C(=O)Nc2ccc(F)cc2)c2ccccc2)nnc1-c1ccco1. The molecule has 0 radical (unpaired) electrons. The molecule has 1 atom stereocenters. The summed E-state index contributed by atoms with van der Waals surface area (Å²) in [6.45, 7) is 0. The number of nitrogens with zero attached hydrogens (tertiary/aromatic N) is 3. The molecule has 0 spiro atoms. The minimum atomic E-state index is -0.655. The number of anilines is 1. The Morgan fingerprint density at radius 2 is 1.83 bits per heavy atom. The highest BCUT2D eigenvalue weighted by Crippen LogP contribution is 2.36. The highest BCUT2D eigenvalue weighted by atomic mass is 32.2. The van der Waals surface area contributed by atoms with E-state index >= 15 is 0 Å². The van der Waals surface area contributed by atoms with Crippen LogP contribution in [0.1, 0.15) is 10.8 Å². The maximum atomic E-state index is 13.1. The van der Waals surface area contributed by atoms with Crippen molar-refractivity contribution in [3.63, 3.8) is 0 Å². The second-order valence-electron chi connectivity index (χ2n) is 6.06. The number of carbonyl (C=O) groups excluding carboxylic acids is 1. The number of hydrogen-bond acceptors (Lipinski definition) is 6. The largest absolute Gasteiger partial charge is 0.461 e. The molecule has 0 unspecified atom stereocenters. The van der Waals surface area contributed by atoms with Gasteiger partial charge in [-0.1, -0.05) is 42.1 Å². The van der Waals surface area contributed by atoms with Crippen molar-refractivity contribution < 1.29 is 13.6 Å². The fourth-order valence-electron chi connectivity index (χ4n) is 2.68. The molecule has 4 aromatic rings. The van der Waals surface area contributed by atoms with Crippen molar-refractivity contribution in [3.05, 3.63) is 84.4 Å². The van der Waals surface area contributed by atoms with Gasteiger partial charge < -0.3 is 15.6 Å². The Morgan fingerprint density at radius 3 is 2.52 bits per heavy atom. The molecule has 2 aromatic carbocycles. The summed E-state index contributed by atoms with van der Waals surface area (Å²) in [5.41, 5.74) is 1.25. The molecule has 2 heterocycles. The number of thioether (sulfide) groups is 1. The Balaban J connectivity index is 1.61. The summed E-state index contributed by atoms with van der Waals surface area (Å²) in [6.07, 6.45) is 1.51. The number of halogens is 1.